The fraction of sp³-hybridized carbons (Fsp3) is 0.500. The van der Waals surface area contributed by atoms with Crippen LogP contribution in [0.4, 0.5) is 18.9 Å². The molecule has 0 radical (unpaired) electrons. The molecule has 1 heterocycles. The highest BCUT2D eigenvalue weighted by Gasteiger charge is 2.47. The van der Waals surface area contributed by atoms with Crippen molar-refractivity contribution in [2.45, 2.75) is 58.9 Å². The van der Waals surface area contributed by atoms with E-state index in [1.165, 1.54) is 11.3 Å². The van der Waals surface area contributed by atoms with Crippen LogP contribution in [0.15, 0.2) is 21.9 Å². The molecule has 0 spiro atoms. The van der Waals surface area contributed by atoms with Crippen molar-refractivity contribution in [1.82, 2.24) is 4.98 Å². The molecule has 152 valence electrons. The number of nitrogens with zero attached hydrogens (tertiary/aromatic N) is 2. The molecule has 1 aliphatic carbocycles. The summed E-state index contributed by atoms with van der Waals surface area (Å²) in [7, 11) is 0. The largest absolute Gasteiger partial charge is 0.573 e. The third-order valence-corrected chi connectivity index (χ3v) is 5.86. The quantitative estimate of drug-likeness (QED) is 0.580. The Morgan fingerprint density at radius 3 is 2.61 bits per heavy atom. The number of ether oxygens (including phenoxy) is 1. The molecule has 1 aromatic heterocycles. The lowest BCUT2D eigenvalue weighted by atomic mass is 9.95. The first-order valence-electron chi connectivity index (χ1n) is 9.15. The van der Waals surface area contributed by atoms with Gasteiger partial charge >= 0.3 is 6.36 Å². The Morgan fingerprint density at radius 2 is 2.11 bits per heavy atom. The highest BCUT2D eigenvalue weighted by Crippen LogP contribution is 2.54. The number of alkyl halides is 3. The van der Waals surface area contributed by atoms with Gasteiger partial charge in [-0.1, -0.05) is 13.8 Å². The fourth-order valence-electron chi connectivity index (χ4n) is 3.02. The van der Waals surface area contributed by atoms with Crippen molar-refractivity contribution in [2.24, 2.45) is 10.9 Å². The molecule has 4 nitrogen and oxygen atoms in total. The molecule has 0 aliphatic heterocycles. The summed E-state index contributed by atoms with van der Waals surface area (Å²) in [6.07, 6.45) is -3.31. The molecular weight excluding hydrogens is 389 g/mol. The number of hydrogen-bond acceptors (Lipinski definition) is 5. The average Bonchev–Trinajstić information content (AvgIpc) is 3.14. The molecule has 1 fully saturated rings. The van der Waals surface area contributed by atoms with E-state index in [1.807, 2.05) is 19.2 Å². The Kier molecular flexibility index (Phi) is 5.55. The summed E-state index contributed by atoms with van der Waals surface area (Å²) in [5, 5.41) is 12.5. The molecule has 0 saturated heterocycles. The normalized spacial score (nSPS) is 17.5. The highest BCUT2D eigenvalue weighted by molar-refractivity contribution is 7.07. The first-order valence-corrected chi connectivity index (χ1v) is 10.1. The second kappa shape index (κ2) is 7.48. The minimum atomic E-state index is -4.89. The number of benzene rings is 1. The van der Waals surface area contributed by atoms with Crippen LogP contribution in [0.2, 0.25) is 0 Å². The van der Waals surface area contributed by atoms with E-state index in [-0.39, 0.29) is 17.2 Å². The van der Waals surface area contributed by atoms with Crippen molar-refractivity contribution in [2.75, 3.05) is 0 Å². The number of aromatic nitrogens is 1. The molecule has 1 N–H and O–H groups in total. The van der Waals surface area contributed by atoms with Crippen LogP contribution in [-0.4, -0.2) is 22.2 Å². The van der Waals surface area contributed by atoms with Crippen LogP contribution in [0.25, 0.3) is 11.3 Å². The van der Waals surface area contributed by atoms with Gasteiger partial charge in [-0.2, -0.15) is 0 Å². The van der Waals surface area contributed by atoms with Gasteiger partial charge in [0.1, 0.15) is 5.69 Å². The summed E-state index contributed by atoms with van der Waals surface area (Å²) >= 11 is 1.39. The zero-order chi connectivity index (χ0) is 20.7. The first kappa shape index (κ1) is 20.8. The summed E-state index contributed by atoms with van der Waals surface area (Å²) in [6.45, 7) is 7.47. The Labute approximate surface area is 166 Å². The second-order valence-corrected chi connectivity index (χ2v) is 8.01. The van der Waals surface area contributed by atoms with Gasteiger partial charge in [-0.25, -0.2) is 4.98 Å². The van der Waals surface area contributed by atoms with Crippen LogP contribution < -0.4 is 4.74 Å². The van der Waals surface area contributed by atoms with Gasteiger partial charge in [-0.3, -0.25) is 4.99 Å². The minimum absolute atomic E-state index is 0.105. The lowest BCUT2D eigenvalue weighted by Crippen LogP contribution is -2.21. The second-order valence-electron chi connectivity index (χ2n) is 7.29. The zero-order valence-corrected chi connectivity index (χ0v) is 17.0. The number of aliphatic hydroxyl groups is 1. The van der Waals surface area contributed by atoms with Crippen LogP contribution in [0, 0.1) is 12.8 Å². The Hall–Kier alpha value is -1.93. The smallest absolute Gasteiger partial charge is 0.403 e. The van der Waals surface area contributed by atoms with E-state index in [2.05, 4.69) is 14.7 Å². The number of halogens is 3. The lowest BCUT2D eigenvalue weighted by molar-refractivity contribution is -0.274. The Balaban J connectivity index is 2.30. The number of thiazole rings is 1. The predicted octanol–water partition coefficient (Wildman–Crippen LogP) is 6.14. The van der Waals surface area contributed by atoms with E-state index < -0.39 is 17.7 Å². The van der Waals surface area contributed by atoms with E-state index in [0.717, 1.165) is 6.42 Å². The molecule has 8 heteroatoms. The molecule has 1 unspecified atom stereocenters. The van der Waals surface area contributed by atoms with E-state index in [0.29, 0.717) is 35.4 Å². The van der Waals surface area contributed by atoms with Crippen molar-refractivity contribution in [3.8, 4) is 17.0 Å². The monoisotopic (exact) mass is 412 g/mol. The topological polar surface area (TPSA) is 54.7 Å². The van der Waals surface area contributed by atoms with Gasteiger partial charge in [0.15, 0.2) is 5.75 Å². The van der Waals surface area contributed by atoms with Crippen LogP contribution in [0.5, 0.6) is 5.75 Å². The van der Waals surface area contributed by atoms with Crippen molar-refractivity contribution in [1.29, 1.82) is 0 Å². The van der Waals surface area contributed by atoms with E-state index in [4.69, 9.17) is 0 Å². The SMILES string of the molecule is CCC(C)C(C)=Nc1c(C)c(-c2cscn2)cc(C2(O)CC2)c1OC(F)(F)F. The fourth-order valence-corrected chi connectivity index (χ4v) is 3.58. The molecule has 1 aromatic carbocycles. The summed E-state index contributed by atoms with van der Waals surface area (Å²) in [5.74, 6) is -0.305. The molecule has 1 aliphatic rings. The maximum absolute atomic E-state index is 13.2. The Bertz CT molecular complexity index is 888. The van der Waals surface area contributed by atoms with Gasteiger partial charge in [0.05, 0.1) is 16.8 Å². The standard InChI is InChI=1S/C20H23F3N2O2S/c1-5-11(2)13(4)25-17-12(3)14(16-9-28-10-24-16)8-15(19(26)6-7-19)18(17)27-20(21,22)23/h8-11,26H,5-7H2,1-4H3. The van der Waals surface area contributed by atoms with E-state index >= 15 is 0 Å². The van der Waals surface area contributed by atoms with Crippen molar-refractivity contribution in [3.63, 3.8) is 0 Å². The summed E-state index contributed by atoms with van der Waals surface area (Å²) in [6, 6.07) is 1.57. The molecule has 3 rings (SSSR count). The minimum Gasteiger partial charge on any atom is -0.403 e. The van der Waals surface area contributed by atoms with Gasteiger partial charge in [0.25, 0.3) is 0 Å². The third-order valence-electron chi connectivity index (χ3n) is 5.27. The Morgan fingerprint density at radius 1 is 1.43 bits per heavy atom. The lowest BCUT2D eigenvalue weighted by Gasteiger charge is -2.22. The van der Waals surface area contributed by atoms with Gasteiger partial charge in [-0.15, -0.1) is 24.5 Å². The molecule has 2 aromatic rings. The van der Waals surface area contributed by atoms with Crippen LogP contribution in [0.3, 0.4) is 0 Å². The van der Waals surface area contributed by atoms with Gasteiger partial charge < -0.3 is 9.84 Å². The molecule has 28 heavy (non-hydrogen) atoms. The highest BCUT2D eigenvalue weighted by atomic mass is 32.1. The zero-order valence-electron chi connectivity index (χ0n) is 16.2. The van der Waals surface area contributed by atoms with Crippen LogP contribution >= 0.6 is 11.3 Å². The molecule has 1 saturated carbocycles. The van der Waals surface area contributed by atoms with Crippen LogP contribution in [0.1, 0.15) is 51.2 Å². The molecule has 1 atom stereocenters. The third kappa shape index (κ3) is 4.22. The first-order chi connectivity index (χ1) is 13.1. The molecular formula is C20H23F3N2O2S. The van der Waals surface area contributed by atoms with Crippen molar-refractivity contribution in [3.05, 3.63) is 28.1 Å². The number of aliphatic imine (C=N–C) groups is 1. The summed E-state index contributed by atoms with van der Waals surface area (Å²) in [4.78, 5) is 8.83. The summed E-state index contributed by atoms with van der Waals surface area (Å²) < 4.78 is 44.1. The van der Waals surface area contributed by atoms with Gasteiger partial charge in [0, 0.05) is 22.2 Å². The van der Waals surface area contributed by atoms with Crippen molar-refractivity contribution < 1.29 is 23.0 Å². The average molecular weight is 412 g/mol. The number of rotatable bonds is 6. The van der Waals surface area contributed by atoms with Gasteiger partial charge in [-0.05, 0) is 50.7 Å². The predicted molar refractivity (Wildman–Crippen MR) is 104 cm³/mol. The van der Waals surface area contributed by atoms with Crippen LogP contribution in [-0.2, 0) is 5.60 Å². The maximum atomic E-state index is 13.2. The van der Waals surface area contributed by atoms with Crippen molar-refractivity contribution >= 4 is 22.7 Å². The van der Waals surface area contributed by atoms with E-state index in [1.54, 1.807) is 25.4 Å². The number of hydrogen-bond donors (Lipinski definition) is 1. The van der Waals surface area contributed by atoms with Gasteiger partial charge in [0.2, 0.25) is 0 Å². The maximum Gasteiger partial charge on any atom is 0.573 e. The van der Waals surface area contributed by atoms with E-state index in [9.17, 15) is 18.3 Å². The summed E-state index contributed by atoms with van der Waals surface area (Å²) in [5.41, 5.74) is 3.11. The molecule has 0 bridgehead atoms. The molecule has 0 amide bonds.